The van der Waals surface area contributed by atoms with Gasteiger partial charge in [0, 0.05) is 5.56 Å². The van der Waals surface area contributed by atoms with Gasteiger partial charge in [-0.1, -0.05) is 25.5 Å². The van der Waals surface area contributed by atoms with E-state index in [1.165, 1.54) is 17.7 Å². The molecule has 0 radical (unpaired) electrons. The molecule has 3 rings (SSSR count). The molecule has 0 bridgehead atoms. The number of ether oxygens (including phenoxy) is 1. The molecule has 2 aromatic carbocycles. The van der Waals surface area contributed by atoms with Crippen LogP contribution in [0.4, 0.5) is 8.78 Å². The van der Waals surface area contributed by atoms with Crippen LogP contribution in [0.25, 0.3) is 0 Å². The first kappa shape index (κ1) is 18.6. The minimum atomic E-state index is -0.397. The Bertz CT molecular complexity index is 759. The lowest BCUT2D eigenvalue weighted by Crippen LogP contribution is -2.16. The highest BCUT2D eigenvalue weighted by molar-refractivity contribution is 5.40. The summed E-state index contributed by atoms with van der Waals surface area (Å²) in [6.07, 6.45) is 6.47. The fourth-order valence-corrected chi connectivity index (χ4v) is 3.79. The second-order valence-electron chi connectivity index (χ2n) is 7.02. The minimum absolute atomic E-state index is 0.106. The molecule has 0 N–H and O–H groups in total. The minimum Gasteiger partial charge on any atom is -0.493 e. The predicted octanol–water partition coefficient (Wildman–Crippen LogP) is 6.14. The molecule has 0 fully saturated rings. The van der Waals surface area contributed by atoms with E-state index < -0.39 is 11.6 Å². The van der Waals surface area contributed by atoms with Crippen LogP contribution in [-0.4, -0.2) is 6.61 Å². The van der Waals surface area contributed by atoms with Crippen molar-refractivity contribution >= 4 is 0 Å². The molecule has 1 atom stereocenters. The van der Waals surface area contributed by atoms with Gasteiger partial charge < -0.3 is 4.74 Å². The first-order chi connectivity index (χ1) is 12.6. The Hall–Kier alpha value is -2.16. The molecule has 0 aromatic heterocycles. The largest absolute Gasteiger partial charge is 0.493 e. The molecule has 3 heteroatoms. The van der Waals surface area contributed by atoms with Crippen LogP contribution in [0.5, 0.6) is 5.75 Å². The zero-order valence-corrected chi connectivity index (χ0v) is 15.4. The van der Waals surface area contributed by atoms with E-state index in [2.05, 4.69) is 12.6 Å². The number of hydrogen-bond donors (Lipinski definition) is 0. The van der Waals surface area contributed by atoms with Crippen molar-refractivity contribution in [1.82, 2.24) is 0 Å². The van der Waals surface area contributed by atoms with Crippen molar-refractivity contribution in [1.29, 1.82) is 0 Å². The summed E-state index contributed by atoms with van der Waals surface area (Å²) < 4.78 is 34.8. The first-order valence-corrected chi connectivity index (χ1v) is 9.45. The molecule has 26 heavy (non-hydrogen) atoms. The van der Waals surface area contributed by atoms with Crippen LogP contribution in [0, 0.1) is 11.6 Å². The number of hydrogen-bond acceptors (Lipinski definition) is 1. The topological polar surface area (TPSA) is 9.23 Å². The van der Waals surface area contributed by atoms with Gasteiger partial charge in [-0.3, -0.25) is 0 Å². The van der Waals surface area contributed by atoms with Gasteiger partial charge in [0.05, 0.1) is 6.61 Å². The van der Waals surface area contributed by atoms with Crippen LogP contribution in [0.2, 0.25) is 0 Å². The fourth-order valence-electron chi connectivity index (χ4n) is 3.79. The van der Waals surface area contributed by atoms with Gasteiger partial charge in [-0.15, -0.1) is 6.58 Å². The van der Waals surface area contributed by atoms with Gasteiger partial charge in [0.15, 0.2) is 0 Å². The molecule has 138 valence electrons. The molecule has 1 nitrogen and oxygen atoms in total. The standard InChI is InChI=1S/C23H26F2O/c1-3-5-11-26-20-10-9-17-14-19(8-7-18(17)15-20)23-21(24)12-16(6-4-2)13-22(23)25/h3,9-10,12-13,15,19H,1,4-8,11,14H2,2H3. The van der Waals surface area contributed by atoms with Gasteiger partial charge in [0.2, 0.25) is 0 Å². The highest BCUT2D eigenvalue weighted by Gasteiger charge is 2.26. The molecule has 0 heterocycles. The normalized spacial score (nSPS) is 16.2. The number of rotatable bonds is 7. The number of halogens is 2. The van der Waals surface area contributed by atoms with E-state index in [-0.39, 0.29) is 11.5 Å². The third-order valence-corrected chi connectivity index (χ3v) is 5.08. The Morgan fingerprint density at radius 3 is 2.62 bits per heavy atom. The molecule has 0 spiro atoms. The number of fused-ring (bicyclic) bond motifs is 1. The third kappa shape index (κ3) is 4.14. The van der Waals surface area contributed by atoms with Crippen LogP contribution >= 0.6 is 0 Å². The van der Waals surface area contributed by atoms with E-state index in [0.717, 1.165) is 42.6 Å². The number of benzene rings is 2. The smallest absolute Gasteiger partial charge is 0.129 e. The van der Waals surface area contributed by atoms with Crippen molar-refractivity contribution in [3.63, 3.8) is 0 Å². The van der Waals surface area contributed by atoms with E-state index in [1.807, 2.05) is 25.1 Å². The summed E-state index contributed by atoms with van der Waals surface area (Å²) >= 11 is 0. The molecule has 0 saturated heterocycles. The third-order valence-electron chi connectivity index (χ3n) is 5.08. The van der Waals surface area contributed by atoms with Crippen molar-refractivity contribution < 1.29 is 13.5 Å². The van der Waals surface area contributed by atoms with Gasteiger partial charge in [-0.25, -0.2) is 8.78 Å². The second kappa shape index (κ2) is 8.48. The summed E-state index contributed by atoms with van der Waals surface area (Å²) in [6.45, 7) is 6.32. The predicted molar refractivity (Wildman–Crippen MR) is 102 cm³/mol. The molecule has 0 aliphatic heterocycles. The average molecular weight is 356 g/mol. The summed E-state index contributed by atoms with van der Waals surface area (Å²) in [4.78, 5) is 0. The van der Waals surface area contributed by atoms with Gasteiger partial charge in [-0.05, 0) is 79.0 Å². The van der Waals surface area contributed by atoms with Crippen LogP contribution in [0.1, 0.15) is 54.4 Å². The Balaban J connectivity index is 1.77. The van der Waals surface area contributed by atoms with Crippen molar-refractivity contribution in [2.45, 2.75) is 51.4 Å². The van der Waals surface area contributed by atoms with E-state index in [0.29, 0.717) is 19.4 Å². The molecule has 0 saturated carbocycles. The van der Waals surface area contributed by atoms with Crippen molar-refractivity contribution in [3.05, 3.63) is 76.9 Å². The maximum atomic E-state index is 14.6. The summed E-state index contributed by atoms with van der Waals surface area (Å²) in [5.74, 6) is -0.0476. The summed E-state index contributed by atoms with van der Waals surface area (Å²) in [7, 11) is 0. The SMILES string of the molecule is C=CCCOc1ccc2c(c1)CCC(c1c(F)cc(CCC)cc1F)C2. The van der Waals surface area contributed by atoms with Gasteiger partial charge in [0.1, 0.15) is 17.4 Å². The van der Waals surface area contributed by atoms with Crippen LogP contribution in [-0.2, 0) is 19.3 Å². The van der Waals surface area contributed by atoms with Crippen molar-refractivity contribution in [3.8, 4) is 5.75 Å². The Morgan fingerprint density at radius 1 is 1.15 bits per heavy atom. The molecule has 1 aliphatic carbocycles. The summed E-state index contributed by atoms with van der Waals surface area (Å²) in [5, 5.41) is 0. The lowest BCUT2D eigenvalue weighted by Gasteiger charge is -2.26. The lowest BCUT2D eigenvalue weighted by molar-refractivity contribution is 0.324. The van der Waals surface area contributed by atoms with E-state index >= 15 is 0 Å². The Labute approximate surface area is 154 Å². The zero-order chi connectivity index (χ0) is 18.5. The van der Waals surface area contributed by atoms with Gasteiger partial charge in [0.25, 0.3) is 0 Å². The van der Waals surface area contributed by atoms with E-state index in [4.69, 9.17) is 4.74 Å². The van der Waals surface area contributed by atoms with Crippen molar-refractivity contribution in [2.75, 3.05) is 6.61 Å². The average Bonchev–Trinajstić information content (AvgIpc) is 2.61. The van der Waals surface area contributed by atoms with Crippen LogP contribution in [0.3, 0.4) is 0 Å². The monoisotopic (exact) mass is 356 g/mol. The summed E-state index contributed by atoms with van der Waals surface area (Å²) in [5.41, 5.74) is 3.38. The maximum absolute atomic E-state index is 14.6. The molecule has 1 aliphatic rings. The second-order valence-corrected chi connectivity index (χ2v) is 7.02. The quantitative estimate of drug-likeness (QED) is 0.427. The number of aryl methyl sites for hydroxylation is 2. The fraction of sp³-hybridized carbons (Fsp3) is 0.391. The van der Waals surface area contributed by atoms with Crippen LogP contribution < -0.4 is 4.74 Å². The molecule has 2 aromatic rings. The Kier molecular flexibility index (Phi) is 6.08. The highest BCUT2D eigenvalue weighted by Crippen LogP contribution is 2.37. The van der Waals surface area contributed by atoms with Crippen molar-refractivity contribution in [2.24, 2.45) is 0 Å². The highest BCUT2D eigenvalue weighted by atomic mass is 19.1. The lowest BCUT2D eigenvalue weighted by atomic mass is 9.79. The Morgan fingerprint density at radius 2 is 1.92 bits per heavy atom. The molecular weight excluding hydrogens is 330 g/mol. The van der Waals surface area contributed by atoms with E-state index in [9.17, 15) is 8.78 Å². The summed E-state index contributed by atoms with van der Waals surface area (Å²) in [6, 6.07) is 9.06. The molecular formula is C23H26F2O. The van der Waals surface area contributed by atoms with Gasteiger partial charge >= 0.3 is 0 Å². The van der Waals surface area contributed by atoms with Gasteiger partial charge in [-0.2, -0.15) is 0 Å². The molecule has 0 amide bonds. The maximum Gasteiger partial charge on any atom is 0.129 e. The first-order valence-electron chi connectivity index (χ1n) is 9.45. The van der Waals surface area contributed by atoms with E-state index in [1.54, 1.807) is 0 Å². The zero-order valence-electron chi connectivity index (χ0n) is 15.4. The van der Waals surface area contributed by atoms with Crippen LogP contribution in [0.15, 0.2) is 43.0 Å². The molecule has 1 unspecified atom stereocenters.